The Kier molecular flexibility index (Phi) is 3.19. The Hall–Kier alpha value is -1.42. The Morgan fingerprint density at radius 3 is 2.62 bits per heavy atom. The van der Waals surface area contributed by atoms with Crippen LogP contribution in [0, 0.1) is 11.7 Å². The first kappa shape index (κ1) is 11.1. The molecule has 1 aliphatic rings. The van der Waals surface area contributed by atoms with Crippen molar-refractivity contribution in [3.63, 3.8) is 0 Å². The number of piperidine rings is 1. The Bertz CT molecular complexity index is 377. The summed E-state index contributed by atoms with van der Waals surface area (Å²) in [6, 6.07) is 6.43. The molecule has 0 bridgehead atoms. The Labute approximate surface area is 93.8 Å². The lowest BCUT2D eigenvalue weighted by atomic mass is 9.85. The molecular formula is C12H15FN2O. The summed E-state index contributed by atoms with van der Waals surface area (Å²) in [6.07, 6.45) is 0.744. The summed E-state index contributed by atoms with van der Waals surface area (Å²) in [4.78, 5) is 11.1. The fraction of sp³-hybridized carbons (Fsp3) is 0.417. The summed E-state index contributed by atoms with van der Waals surface area (Å²) in [5.41, 5.74) is 6.35. The maximum Gasteiger partial charge on any atom is 0.221 e. The second-order valence-corrected chi connectivity index (χ2v) is 4.24. The number of hydrogen-bond acceptors (Lipinski definition) is 2. The molecule has 1 aromatic rings. The summed E-state index contributed by atoms with van der Waals surface area (Å²) in [5, 5.41) is 3.18. The van der Waals surface area contributed by atoms with E-state index in [4.69, 9.17) is 5.73 Å². The topological polar surface area (TPSA) is 55.1 Å². The van der Waals surface area contributed by atoms with Crippen LogP contribution in [0.1, 0.15) is 17.9 Å². The van der Waals surface area contributed by atoms with E-state index in [0.29, 0.717) is 6.54 Å². The molecule has 1 saturated heterocycles. The molecule has 0 unspecified atom stereocenters. The second kappa shape index (κ2) is 4.61. The van der Waals surface area contributed by atoms with Crippen LogP contribution in [0.4, 0.5) is 4.39 Å². The van der Waals surface area contributed by atoms with Gasteiger partial charge in [0.1, 0.15) is 5.82 Å². The number of amides is 1. The Balaban J connectivity index is 2.09. The van der Waals surface area contributed by atoms with Crippen LogP contribution in [0.5, 0.6) is 0 Å². The van der Waals surface area contributed by atoms with Gasteiger partial charge >= 0.3 is 0 Å². The first-order valence-electron chi connectivity index (χ1n) is 5.42. The van der Waals surface area contributed by atoms with Crippen LogP contribution in [0.3, 0.4) is 0 Å². The van der Waals surface area contributed by atoms with E-state index in [-0.39, 0.29) is 23.6 Å². The first-order valence-corrected chi connectivity index (χ1v) is 5.42. The highest BCUT2D eigenvalue weighted by Crippen LogP contribution is 2.26. The lowest BCUT2D eigenvalue weighted by Gasteiger charge is -2.28. The SMILES string of the molecule is NC(=O)[C@@H]1CNC[C@@H](c2ccc(F)cc2)C1. The second-order valence-electron chi connectivity index (χ2n) is 4.24. The molecule has 1 fully saturated rings. The Morgan fingerprint density at radius 2 is 2.00 bits per heavy atom. The van der Waals surface area contributed by atoms with E-state index >= 15 is 0 Å². The van der Waals surface area contributed by atoms with E-state index in [1.807, 2.05) is 0 Å². The predicted molar refractivity (Wildman–Crippen MR) is 59.3 cm³/mol. The molecular weight excluding hydrogens is 207 g/mol. The first-order chi connectivity index (χ1) is 7.66. The van der Waals surface area contributed by atoms with Crippen LogP contribution in [-0.2, 0) is 4.79 Å². The molecule has 86 valence electrons. The molecule has 2 rings (SSSR count). The average molecular weight is 222 g/mol. The third-order valence-corrected chi connectivity index (χ3v) is 3.09. The molecule has 1 heterocycles. The molecule has 0 aliphatic carbocycles. The number of hydrogen-bond donors (Lipinski definition) is 2. The average Bonchev–Trinajstić information content (AvgIpc) is 2.30. The minimum Gasteiger partial charge on any atom is -0.369 e. The van der Waals surface area contributed by atoms with Crippen molar-refractivity contribution in [3.05, 3.63) is 35.6 Å². The number of primary amides is 1. The molecule has 3 nitrogen and oxygen atoms in total. The van der Waals surface area contributed by atoms with Crippen LogP contribution < -0.4 is 11.1 Å². The van der Waals surface area contributed by atoms with Crippen molar-refractivity contribution in [1.82, 2.24) is 5.32 Å². The van der Waals surface area contributed by atoms with Crippen LogP contribution in [0.15, 0.2) is 24.3 Å². The van der Waals surface area contributed by atoms with E-state index in [1.54, 1.807) is 12.1 Å². The van der Waals surface area contributed by atoms with Crippen molar-refractivity contribution in [3.8, 4) is 0 Å². The van der Waals surface area contributed by atoms with Gasteiger partial charge in [-0.25, -0.2) is 4.39 Å². The third-order valence-electron chi connectivity index (χ3n) is 3.09. The minimum atomic E-state index is -0.265. The number of benzene rings is 1. The number of nitrogens with two attached hydrogens (primary N) is 1. The van der Waals surface area contributed by atoms with E-state index in [0.717, 1.165) is 18.5 Å². The highest BCUT2D eigenvalue weighted by molar-refractivity contribution is 5.77. The van der Waals surface area contributed by atoms with Gasteiger partial charge in [0.2, 0.25) is 5.91 Å². The number of nitrogens with one attached hydrogen (secondary N) is 1. The van der Waals surface area contributed by atoms with E-state index in [1.165, 1.54) is 12.1 Å². The van der Waals surface area contributed by atoms with Gasteiger partial charge in [-0.15, -0.1) is 0 Å². The molecule has 1 aromatic carbocycles. The van der Waals surface area contributed by atoms with Crippen LogP contribution in [0.25, 0.3) is 0 Å². The number of halogens is 1. The molecule has 3 N–H and O–H groups in total. The molecule has 0 spiro atoms. The Morgan fingerprint density at radius 1 is 1.31 bits per heavy atom. The lowest BCUT2D eigenvalue weighted by molar-refractivity contribution is -0.122. The van der Waals surface area contributed by atoms with E-state index < -0.39 is 0 Å². The molecule has 2 atom stereocenters. The van der Waals surface area contributed by atoms with Crippen LogP contribution in [-0.4, -0.2) is 19.0 Å². The van der Waals surface area contributed by atoms with Crippen molar-refractivity contribution in [1.29, 1.82) is 0 Å². The molecule has 16 heavy (non-hydrogen) atoms. The molecule has 1 amide bonds. The fourth-order valence-electron chi connectivity index (χ4n) is 2.15. The summed E-state index contributed by atoms with van der Waals surface area (Å²) < 4.78 is 12.8. The largest absolute Gasteiger partial charge is 0.369 e. The zero-order valence-electron chi connectivity index (χ0n) is 8.95. The van der Waals surface area contributed by atoms with Crippen LogP contribution >= 0.6 is 0 Å². The van der Waals surface area contributed by atoms with Crippen molar-refractivity contribution in [2.75, 3.05) is 13.1 Å². The van der Waals surface area contributed by atoms with Gasteiger partial charge in [-0.2, -0.15) is 0 Å². The fourth-order valence-corrected chi connectivity index (χ4v) is 2.15. The van der Waals surface area contributed by atoms with Gasteiger partial charge in [0.05, 0.1) is 5.92 Å². The summed E-state index contributed by atoms with van der Waals surface area (Å²) >= 11 is 0. The normalized spacial score (nSPS) is 25.3. The van der Waals surface area contributed by atoms with Crippen molar-refractivity contribution < 1.29 is 9.18 Å². The molecule has 4 heteroatoms. The predicted octanol–water partition coefficient (Wildman–Crippen LogP) is 1.00. The minimum absolute atomic E-state index is 0.121. The molecule has 1 aliphatic heterocycles. The van der Waals surface area contributed by atoms with Gasteiger partial charge < -0.3 is 11.1 Å². The van der Waals surface area contributed by atoms with E-state index in [2.05, 4.69) is 5.32 Å². The van der Waals surface area contributed by atoms with Gasteiger partial charge in [0.25, 0.3) is 0 Å². The third kappa shape index (κ3) is 2.39. The standard InChI is InChI=1S/C12H15FN2O/c13-11-3-1-8(2-4-11)9-5-10(12(14)16)7-15-6-9/h1-4,9-10,15H,5-7H2,(H2,14,16)/t9-,10-/m0/s1. The maximum absolute atomic E-state index is 12.8. The molecule has 0 radical (unpaired) electrons. The number of carbonyl (C=O) groups excluding carboxylic acids is 1. The maximum atomic E-state index is 12.8. The zero-order chi connectivity index (χ0) is 11.5. The van der Waals surface area contributed by atoms with Crippen molar-refractivity contribution >= 4 is 5.91 Å². The van der Waals surface area contributed by atoms with Crippen molar-refractivity contribution in [2.24, 2.45) is 11.7 Å². The molecule has 0 aromatic heterocycles. The zero-order valence-corrected chi connectivity index (χ0v) is 8.95. The van der Waals surface area contributed by atoms with Crippen LogP contribution in [0.2, 0.25) is 0 Å². The van der Waals surface area contributed by atoms with Crippen molar-refractivity contribution in [2.45, 2.75) is 12.3 Å². The smallest absolute Gasteiger partial charge is 0.221 e. The molecule has 0 saturated carbocycles. The quantitative estimate of drug-likeness (QED) is 0.784. The summed E-state index contributed by atoms with van der Waals surface area (Å²) in [7, 11) is 0. The highest BCUT2D eigenvalue weighted by atomic mass is 19.1. The summed E-state index contributed by atoms with van der Waals surface area (Å²) in [5.74, 6) is -0.381. The summed E-state index contributed by atoms with van der Waals surface area (Å²) in [6.45, 7) is 1.46. The van der Waals surface area contributed by atoms with Gasteiger partial charge in [-0.05, 0) is 30.0 Å². The van der Waals surface area contributed by atoms with Gasteiger partial charge in [0.15, 0.2) is 0 Å². The van der Waals surface area contributed by atoms with Gasteiger partial charge in [0, 0.05) is 13.1 Å². The number of rotatable bonds is 2. The highest BCUT2D eigenvalue weighted by Gasteiger charge is 2.26. The van der Waals surface area contributed by atoms with E-state index in [9.17, 15) is 9.18 Å². The number of carbonyl (C=O) groups is 1. The monoisotopic (exact) mass is 222 g/mol. The van der Waals surface area contributed by atoms with Gasteiger partial charge in [-0.3, -0.25) is 4.79 Å². The lowest BCUT2D eigenvalue weighted by Crippen LogP contribution is -2.41. The van der Waals surface area contributed by atoms with Gasteiger partial charge in [-0.1, -0.05) is 12.1 Å².